The zero-order chi connectivity index (χ0) is 14.0. The van der Waals surface area contributed by atoms with Gasteiger partial charge in [0, 0.05) is 13.0 Å². The molecule has 0 radical (unpaired) electrons. The van der Waals surface area contributed by atoms with E-state index in [0.29, 0.717) is 17.7 Å². The lowest BCUT2D eigenvalue weighted by atomic mass is 10.0. The van der Waals surface area contributed by atoms with Gasteiger partial charge >= 0.3 is 0 Å². The van der Waals surface area contributed by atoms with E-state index in [1.165, 1.54) is 6.07 Å². The van der Waals surface area contributed by atoms with Gasteiger partial charge in [0.25, 0.3) is 0 Å². The standard InChI is InChI=1S/C14H17FN2O2/c1-8-3-4-10(5-12(8)15)9(2)17-14(19)11-6-13(18)16-7-11/h3-5,9,11H,6-7H2,1-2H3,(H,16,18)(H,17,19). The highest BCUT2D eigenvalue weighted by Gasteiger charge is 2.28. The predicted molar refractivity (Wildman–Crippen MR) is 68.8 cm³/mol. The second kappa shape index (κ2) is 5.38. The molecule has 1 aromatic carbocycles. The number of amides is 2. The number of halogens is 1. The highest BCUT2D eigenvalue weighted by molar-refractivity contribution is 5.89. The van der Waals surface area contributed by atoms with Crippen molar-refractivity contribution in [1.82, 2.24) is 10.6 Å². The molecule has 0 aliphatic carbocycles. The first-order valence-electron chi connectivity index (χ1n) is 6.30. The summed E-state index contributed by atoms with van der Waals surface area (Å²) in [6, 6.07) is 4.63. The van der Waals surface area contributed by atoms with E-state index in [9.17, 15) is 14.0 Å². The molecule has 2 N–H and O–H groups in total. The van der Waals surface area contributed by atoms with Gasteiger partial charge in [-0.25, -0.2) is 4.39 Å². The van der Waals surface area contributed by atoms with Gasteiger partial charge in [0.05, 0.1) is 12.0 Å². The lowest BCUT2D eigenvalue weighted by molar-refractivity contribution is -0.127. The molecule has 2 amide bonds. The topological polar surface area (TPSA) is 58.2 Å². The third-order valence-electron chi connectivity index (χ3n) is 3.40. The van der Waals surface area contributed by atoms with Crippen molar-refractivity contribution in [2.75, 3.05) is 6.54 Å². The molecule has 1 aliphatic heterocycles. The van der Waals surface area contributed by atoms with Crippen molar-refractivity contribution in [3.63, 3.8) is 0 Å². The molecule has 5 heteroatoms. The summed E-state index contributed by atoms with van der Waals surface area (Å²) in [7, 11) is 0. The zero-order valence-corrected chi connectivity index (χ0v) is 11.0. The van der Waals surface area contributed by atoms with Crippen LogP contribution in [0.2, 0.25) is 0 Å². The Kier molecular flexibility index (Phi) is 3.83. The molecule has 4 nitrogen and oxygen atoms in total. The number of aryl methyl sites for hydroxylation is 1. The SMILES string of the molecule is Cc1ccc(C(C)NC(=O)C2CNC(=O)C2)cc1F. The lowest BCUT2D eigenvalue weighted by Crippen LogP contribution is -2.33. The molecule has 0 aromatic heterocycles. The third-order valence-corrected chi connectivity index (χ3v) is 3.40. The van der Waals surface area contributed by atoms with Gasteiger partial charge < -0.3 is 10.6 Å². The van der Waals surface area contributed by atoms with E-state index in [4.69, 9.17) is 0 Å². The smallest absolute Gasteiger partial charge is 0.225 e. The Hall–Kier alpha value is -1.91. The highest BCUT2D eigenvalue weighted by Crippen LogP contribution is 2.18. The quantitative estimate of drug-likeness (QED) is 0.868. The fraction of sp³-hybridized carbons (Fsp3) is 0.429. The van der Waals surface area contributed by atoms with Crippen LogP contribution in [0.5, 0.6) is 0 Å². The molecular formula is C14H17FN2O2. The third kappa shape index (κ3) is 3.10. The largest absolute Gasteiger partial charge is 0.355 e. The maximum atomic E-state index is 13.5. The summed E-state index contributed by atoms with van der Waals surface area (Å²) in [6.45, 7) is 3.87. The van der Waals surface area contributed by atoms with Gasteiger partial charge in [0.1, 0.15) is 5.82 Å². The summed E-state index contributed by atoms with van der Waals surface area (Å²) in [4.78, 5) is 23.0. The Balaban J connectivity index is 2.00. The van der Waals surface area contributed by atoms with E-state index in [1.54, 1.807) is 26.0 Å². The average Bonchev–Trinajstić information content (AvgIpc) is 2.79. The van der Waals surface area contributed by atoms with E-state index in [1.807, 2.05) is 0 Å². The summed E-state index contributed by atoms with van der Waals surface area (Å²) < 4.78 is 13.5. The maximum Gasteiger partial charge on any atom is 0.225 e. The molecule has 1 aromatic rings. The van der Waals surface area contributed by atoms with Crippen LogP contribution in [0.4, 0.5) is 4.39 Å². The molecule has 2 rings (SSSR count). The number of nitrogens with one attached hydrogen (secondary N) is 2. The fourth-order valence-corrected chi connectivity index (χ4v) is 2.08. The van der Waals surface area contributed by atoms with Crippen LogP contribution in [0.15, 0.2) is 18.2 Å². The van der Waals surface area contributed by atoms with Gasteiger partial charge in [-0.3, -0.25) is 9.59 Å². The average molecular weight is 264 g/mol. The molecule has 102 valence electrons. The lowest BCUT2D eigenvalue weighted by Gasteiger charge is -2.17. The van der Waals surface area contributed by atoms with Gasteiger partial charge in [0.2, 0.25) is 11.8 Å². The number of carbonyl (C=O) groups excluding carboxylic acids is 2. The van der Waals surface area contributed by atoms with E-state index in [0.717, 1.165) is 0 Å². The van der Waals surface area contributed by atoms with Crippen LogP contribution < -0.4 is 10.6 Å². The molecular weight excluding hydrogens is 247 g/mol. The molecule has 1 fully saturated rings. The highest BCUT2D eigenvalue weighted by atomic mass is 19.1. The summed E-state index contributed by atoms with van der Waals surface area (Å²) in [6.07, 6.45) is 0.223. The van der Waals surface area contributed by atoms with Crippen LogP contribution in [0, 0.1) is 18.7 Å². The van der Waals surface area contributed by atoms with E-state index < -0.39 is 0 Å². The summed E-state index contributed by atoms with van der Waals surface area (Å²) in [5.41, 5.74) is 1.29. The van der Waals surface area contributed by atoms with Crippen molar-refractivity contribution in [3.8, 4) is 0 Å². The normalized spacial score (nSPS) is 19.9. The van der Waals surface area contributed by atoms with Gasteiger partial charge in [-0.2, -0.15) is 0 Å². The molecule has 1 heterocycles. The van der Waals surface area contributed by atoms with E-state index >= 15 is 0 Å². The van der Waals surface area contributed by atoms with Crippen molar-refractivity contribution >= 4 is 11.8 Å². The summed E-state index contributed by atoms with van der Waals surface area (Å²) >= 11 is 0. The van der Waals surface area contributed by atoms with Crippen LogP contribution in [-0.2, 0) is 9.59 Å². The van der Waals surface area contributed by atoms with Crippen molar-refractivity contribution < 1.29 is 14.0 Å². The van der Waals surface area contributed by atoms with Crippen LogP contribution >= 0.6 is 0 Å². The number of carbonyl (C=O) groups is 2. The number of rotatable bonds is 3. The minimum Gasteiger partial charge on any atom is -0.355 e. The Morgan fingerprint density at radius 1 is 1.53 bits per heavy atom. The second-order valence-corrected chi connectivity index (χ2v) is 4.94. The predicted octanol–water partition coefficient (Wildman–Crippen LogP) is 1.45. The fourth-order valence-electron chi connectivity index (χ4n) is 2.08. The first kappa shape index (κ1) is 13.5. The second-order valence-electron chi connectivity index (χ2n) is 4.94. The number of hydrogen-bond acceptors (Lipinski definition) is 2. The van der Waals surface area contributed by atoms with Crippen molar-refractivity contribution in [2.24, 2.45) is 5.92 Å². The van der Waals surface area contributed by atoms with E-state index in [-0.39, 0.29) is 36.0 Å². The Morgan fingerprint density at radius 2 is 2.26 bits per heavy atom. The van der Waals surface area contributed by atoms with Crippen molar-refractivity contribution in [2.45, 2.75) is 26.3 Å². The molecule has 0 spiro atoms. The summed E-state index contributed by atoms with van der Waals surface area (Å²) in [5, 5.41) is 5.43. The van der Waals surface area contributed by atoms with Crippen LogP contribution in [-0.4, -0.2) is 18.4 Å². The van der Waals surface area contributed by atoms with E-state index in [2.05, 4.69) is 10.6 Å². The van der Waals surface area contributed by atoms with Crippen LogP contribution in [0.25, 0.3) is 0 Å². The minimum atomic E-state index is -0.328. The first-order chi connectivity index (χ1) is 8.97. The maximum absolute atomic E-state index is 13.5. The van der Waals surface area contributed by atoms with Crippen molar-refractivity contribution in [3.05, 3.63) is 35.1 Å². The van der Waals surface area contributed by atoms with Crippen LogP contribution in [0.1, 0.15) is 30.5 Å². The van der Waals surface area contributed by atoms with Gasteiger partial charge in [-0.1, -0.05) is 12.1 Å². The molecule has 2 unspecified atom stereocenters. The molecule has 19 heavy (non-hydrogen) atoms. The Labute approximate surface area is 111 Å². The van der Waals surface area contributed by atoms with Crippen molar-refractivity contribution in [1.29, 1.82) is 0 Å². The monoisotopic (exact) mass is 264 g/mol. The molecule has 1 saturated heterocycles. The molecule has 1 aliphatic rings. The molecule has 2 atom stereocenters. The molecule has 0 bridgehead atoms. The number of hydrogen-bond donors (Lipinski definition) is 2. The summed E-state index contributed by atoms with van der Waals surface area (Å²) in [5.74, 6) is -0.887. The van der Waals surface area contributed by atoms with Gasteiger partial charge in [0.15, 0.2) is 0 Å². The Bertz CT molecular complexity index is 516. The Morgan fingerprint density at radius 3 is 2.84 bits per heavy atom. The zero-order valence-electron chi connectivity index (χ0n) is 11.0. The molecule has 0 saturated carbocycles. The van der Waals surface area contributed by atoms with Crippen LogP contribution in [0.3, 0.4) is 0 Å². The first-order valence-corrected chi connectivity index (χ1v) is 6.30. The van der Waals surface area contributed by atoms with Gasteiger partial charge in [-0.05, 0) is 31.0 Å². The minimum absolute atomic E-state index is 0.103. The van der Waals surface area contributed by atoms with Gasteiger partial charge in [-0.15, -0.1) is 0 Å². The number of benzene rings is 1.